The number of carbonyl (C=O) groups excluding carboxylic acids is 1. The van der Waals surface area contributed by atoms with Crippen LogP contribution in [0.1, 0.15) is 29.0 Å². The first kappa shape index (κ1) is 16.1. The molecule has 1 atom stereocenters. The monoisotopic (exact) mass is 325 g/mol. The molecule has 3 rings (SSSR count). The van der Waals surface area contributed by atoms with Crippen LogP contribution < -0.4 is 0 Å². The Hall–Kier alpha value is -1.74. The molecule has 1 aliphatic heterocycles. The van der Waals surface area contributed by atoms with Gasteiger partial charge < -0.3 is 4.90 Å². The minimum absolute atomic E-state index is 0.138. The Bertz CT molecular complexity index is 650. The molecule has 3 heteroatoms. The highest BCUT2D eigenvalue weighted by Gasteiger charge is 2.24. The number of hydrogen-bond acceptors (Lipinski definition) is 2. The summed E-state index contributed by atoms with van der Waals surface area (Å²) in [4.78, 5) is 14.8. The van der Waals surface area contributed by atoms with Gasteiger partial charge in [-0.15, -0.1) is 0 Å². The van der Waals surface area contributed by atoms with Crippen LogP contribution in [0.2, 0.25) is 0 Å². The number of thioether (sulfide) groups is 1. The summed E-state index contributed by atoms with van der Waals surface area (Å²) in [5, 5.41) is 0. The molecule has 2 nitrogen and oxygen atoms in total. The van der Waals surface area contributed by atoms with E-state index < -0.39 is 0 Å². The molecule has 0 radical (unpaired) electrons. The highest BCUT2D eigenvalue weighted by molar-refractivity contribution is 7.99. The smallest absolute Gasteiger partial charge is 0.223 e. The van der Waals surface area contributed by atoms with Crippen molar-refractivity contribution in [2.45, 2.75) is 19.3 Å². The van der Waals surface area contributed by atoms with Gasteiger partial charge in [0.1, 0.15) is 0 Å². The van der Waals surface area contributed by atoms with Crippen LogP contribution in [0.25, 0.3) is 0 Å². The van der Waals surface area contributed by atoms with Crippen LogP contribution in [-0.4, -0.2) is 35.4 Å². The predicted octanol–water partition coefficient (Wildman–Crippen LogP) is 4.09. The van der Waals surface area contributed by atoms with Gasteiger partial charge in [-0.1, -0.05) is 54.6 Å². The molecule has 2 aromatic rings. The lowest BCUT2D eigenvalue weighted by molar-refractivity contribution is -0.131. The number of carbonyl (C=O) groups is 1. The minimum Gasteiger partial charge on any atom is -0.341 e. The Morgan fingerprint density at radius 3 is 2.39 bits per heavy atom. The molecule has 1 fully saturated rings. The Balaban J connectivity index is 1.87. The molecular formula is C20H23NOS. The fraction of sp³-hybridized carbons (Fsp3) is 0.350. The molecule has 0 spiro atoms. The first-order chi connectivity index (χ1) is 11.3. The van der Waals surface area contributed by atoms with E-state index in [1.807, 2.05) is 22.7 Å². The lowest BCUT2D eigenvalue weighted by Gasteiger charge is -2.29. The van der Waals surface area contributed by atoms with Crippen molar-refractivity contribution in [3.05, 3.63) is 71.3 Å². The van der Waals surface area contributed by atoms with Crippen molar-refractivity contribution in [2.75, 3.05) is 24.6 Å². The molecular weight excluding hydrogens is 302 g/mol. The summed E-state index contributed by atoms with van der Waals surface area (Å²) >= 11 is 1.94. The highest BCUT2D eigenvalue weighted by atomic mass is 32.2. The Morgan fingerprint density at radius 2 is 1.70 bits per heavy atom. The van der Waals surface area contributed by atoms with E-state index in [4.69, 9.17) is 0 Å². The summed E-state index contributed by atoms with van der Waals surface area (Å²) < 4.78 is 0. The Labute approximate surface area is 142 Å². The van der Waals surface area contributed by atoms with Gasteiger partial charge >= 0.3 is 0 Å². The maximum absolute atomic E-state index is 12.8. The van der Waals surface area contributed by atoms with E-state index in [-0.39, 0.29) is 11.8 Å². The summed E-state index contributed by atoms with van der Waals surface area (Å²) in [6.45, 7) is 3.91. The number of benzene rings is 2. The predicted molar refractivity (Wildman–Crippen MR) is 98.0 cm³/mol. The third-order valence-electron chi connectivity index (χ3n) is 4.51. The van der Waals surface area contributed by atoms with Gasteiger partial charge in [0.15, 0.2) is 0 Å². The molecule has 1 saturated heterocycles. The van der Waals surface area contributed by atoms with Gasteiger partial charge in [-0.2, -0.15) is 11.8 Å². The second-order valence-electron chi connectivity index (χ2n) is 6.02. The van der Waals surface area contributed by atoms with Crippen LogP contribution in [0.15, 0.2) is 54.6 Å². The second kappa shape index (κ2) is 7.69. The van der Waals surface area contributed by atoms with E-state index in [9.17, 15) is 4.79 Å². The third-order valence-corrected chi connectivity index (χ3v) is 5.45. The van der Waals surface area contributed by atoms with E-state index in [2.05, 4.69) is 55.5 Å². The average molecular weight is 325 g/mol. The summed E-state index contributed by atoms with van der Waals surface area (Å²) in [5.41, 5.74) is 3.74. The van der Waals surface area contributed by atoms with Crippen molar-refractivity contribution < 1.29 is 4.79 Å². The summed E-state index contributed by atoms with van der Waals surface area (Å²) in [6.07, 6.45) is 0.555. The molecule has 0 N–H and O–H groups in total. The second-order valence-corrected chi connectivity index (χ2v) is 7.24. The zero-order valence-corrected chi connectivity index (χ0v) is 14.4. The number of amides is 1. The highest BCUT2D eigenvalue weighted by Crippen LogP contribution is 2.31. The van der Waals surface area contributed by atoms with Crippen LogP contribution in [0.4, 0.5) is 0 Å². The molecule has 23 heavy (non-hydrogen) atoms. The Morgan fingerprint density at radius 1 is 1.04 bits per heavy atom. The molecule has 1 amide bonds. The van der Waals surface area contributed by atoms with Crippen molar-refractivity contribution in [1.29, 1.82) is 0 Å². The molecule has 0 bridgehead atoms. The van der Waals surface area contributed by atoms with Crippen molar-refractivity contribution in [3.8, 4) is 0 Å². The van der Waals surface area contributed by atoms with Crippen LogP contribution in [0, 0.1) is 6.92 Å². The SMILES string of the molecule is Cc1ccccc1[C@@H](CC(=O)N1CCSCC1)c1ccccc1. The van der Waals surface area contributed by atoms with Crippen molar-refractivity contribution in [2.24, 2.45) is 0 Å². The van der Waals surface area contributed by atoms with E-state index in [1.54, 1.807) is 0 Å². The van der Waals surface area contributed by atoms with Crippen molar-refractivity contribution in [1.82, 2.24) is 4.90 Å². The van der Waals surface area contributed by atoms with Gasteiger partial charge in [-0.05, 0) is 23.6 Å². The fourth-order valence-electron chi connectivity index (χ4n) is 3.19. The summed E-state index contributed by atoms with van der Waals surface area (Å²) in [7, 11) is 0. The molecule has 1 aliphatic rings. The van der Waals surface area contributed by atoms with Gasteiger partial charge in [0.2, 0.25) is 5.91 Å². The maximum atomic E-state index is 12.8. The van der Waals surface area contributed by atoms with Gasteiger partial charge in [0.25, 0.3) is 0 Å². The van der Waals surface area contributed by atoms with Crippen molar-refractivity contribution >= 4 is 17.7 Å². The topological polar surface area (TPSA) is 20.3 Å². The molecule has 120 valence electrons. The van der Waals surface area contributed by atoms with Crippen LogP contribution in [0.3, 0.4) is 0 Å². The number of aryl methyl sites for hydroxylation is 1. The van der Waals surface area contributed by atoms with E-state index in [1.165, 1.54) is 16.7 Å². The zero-order valence-electron chi connectivity index (χ0n) is 13.6. The van der Waals surface area contributed by atoms with Gasteiger partial charge in [-0.3, -0.25) is 4.79 Å². The molecule has 2 aromatic carbocycles. The standard InChI is InChI=1S/C20H23NOS/c1-16-7-5-6-10-18(16)19(17-8-3-2-4-9-17)15-20(22)21-11-13-23-14-12-21/h2-10,19H,11-15H2,1H3/t19-/m0/s1. The van der Waals surface area contributed by atoms with Gasteiger partial charge in [-0.25, -0.2) is 0 Å². The average Bonchev–Trinajstić information content (AvgIpc) is 2.62. The lowest BCUT2D eigenvalue weighted by atomic mass is 9.85. The van der Waals surface area contributed by atoms with E-state index >= 15 is 0 Å². The van der Waals surface area contributed by atoms with E-state index in [0.717, 1.165) is 24.6 Å². The van der Waals surface area contributed by atoms with Crippen LogP contribution in [0.5, 0.6) is 0 Å². The number of hydrogen-bond donors (Lipinski definition) is 0. The molecule has 0 aliphatic carbocycles. The summed E-state index contributed by atoms with van der Waals surface area (Å²) in [5.74, 6) is 2.54. The quantitative estimate of drug-likeness (QED) is 0.844. The lowest BCUT2D eigenvalue weighted by Crippen LogP contribution is -2.38. The van der Waals surface area contributed by atoms with Gasteiger partial charge in [0.05, 0.1) is 0 Å². The minimum atomic E-state index is 0.138. The molecule has 0 saturated carbocycles. The number of nitrogens with zero attached hydrogens (tertiary/aromatic N) is 1. The van der Waals surface area contributed by atoms with Gasteiger partial charge in [0, 0.05) is 36.9 Å². The van der Waals surface area contributed by atoms with Crippen LogP contribution in [-0.2, 0) is 4.79 Å². The first-order valence-electron chi connectivity index (χ1n) is 8.21. The molecule has 1 heterocycles. The summed E-state index contributed by atoms with van der Waals surface area (Å²) in [6, 6.07) is 18.8. The van der Waals surface area contributed by atoms with E-state index in [0.29, 0.717) is 6.42 Å². The van der Waals surface area contributed by atoms with Crippen LogP contribution >= 0.6 is 11.8 Å². The Kier molecular flexibility index (Phi) is 5.39. The first-order valence-corrected chi connectivity index (χ1v) is 9.37. The fourth-order valence-corrected chi connectivity index (χ4v) is 4.09. The zero-order chi connectivity index (χ0) is 16.1. The third kappa shape index (κ3) is 3.97. The number of rotatable bonds is 4. The molecule has 0 unspecified atom stereocenters. The van der Waals surface area contributed by atoms with Crippen molar-refractivity contribution in [3.63, 3.8) is 0 Å². The largest absolute Gasteiger partial charge is 0.341 e. The maximum Gasteiger partial charge on any atom is 0.223 e. The molecule has 0 aromatic heterocycles. The normalized spacial score (nSPS) is 16.1.